The van der Waals surface area contributed by atoms with Crippen LogP contribution in [0.3, 0.4) is 0 Å². The smallest absolute Gasteiger partial charge is 0.262 e. The molecule has 10 heteroatoms. The monoisotopic (exact) mass is 394 g/mol. The van der Waals surface area contributed by atoms with Crippen molar-refractivity contribution in [2.45, 2.75) is 31.7 Å². The lowest BCUT2D eigenvalue weighted by Crippen LogP contribution is -2.54. The Hall–Kier alpha value is -2.78. The first-order valence-electron chi connectivity index (χ1n) is 8.28. The van der Waals surface area contributed by atoms with E-state index in [1.54, 1.807) is 0 Å². The molecule has 0 bridgehead atoms. The first-order valence-corrected chi connectivity index (χ1v) is 8.28. The molecule has 0 radical (unpaired) electrons. The van der Waals surface area contributed by atoms with E-state index in [-0.39, 0.29) is 48.7 Å². The molecule has 27 heavy (non-hydrogen) atoms. The lowest BCUT2D eigenvalue weighted by Gasteiger charge is -2.27. The molecule has 144 valence electrons. The van der Waals surface area contributed by atoms with E-state index in [1.165, 1.54) is 18.2 Å². The molecule has 2 aliphatic rings. The zero-order chi connectivity index (χ0) is 18.8. The lowest BCUT2D eigenvalue weighted by molar-refractivity contribution is -0.136. The fourth-order valence-electron chi connectivity index (χ4n) is 3.03. The number of carbonyl (C=O) groups is 5. The number of hydrogen-bond acceptors (Lipinski definition) is 6. The summed E-state index contributed by atoms with van der Waals surface area (Å²) in [7, 11) is 0. The third-order valence-corrected chi connectivity index (χ3v) is 4.33. The second-order valence-corrected chi connectivity index (χ2v) is 6.15. The lowest BCUT2D eigenvalue weighted by atomic mass is 10.0. The normalized spacial score (nSPS) is 18.7. The SMILES string of the molecule is Cl.NCCCC(=O)Nc1ccc2c(c1)C(=O)N(C1CCC(=O)NC1=O)C2=O. The average Bonchev–Trinajstić information content (AvgIpc) is 2.84. The number of halogens is 1. The minimum Gasteiger partial charge on any atom is -0.330 e. The highest BCUT2D eigenvalue weighted by atomic mass is 35.5. The minimum absolute atomic E-state index is 0. The van der Waals surface area contributed by atoms with E-state index in [9.17, 15) is 24.0 Å². The van der Waals surface area contributed by atoms with Gasteiger partial charge in [-0.25, -0.2) is 0 Å². The summed E-state index contributed by atoms with van der Waals surface area (Å²) in [6, 6.07) is 3.38. The number of nitrogens with zero attached hydrogens (tertiary/aromatic N) is 1. The summed E-state index contributed by atoms with van der Waals surface area (Å²) in [4.78, 5) is 61.1. The van der Waals surface area contributed by atoms with Crippen molar-refractivity contribution in [3.05, 3.63) is 29.3 Å². The highest BCUT2D eigenvalue weighted by Gasteiger charge is 2.44. The molecule has 9 nitrogen and oxygen atoms in total. The van der Waals surface area contributed by atoms with E-state index in [1.807, 2.05) is 0 Å². The molecule has 2 aliphatic heterocycles. The van der Waals surface area contributed by atoms with Crippen LogP contribution in [0.1, 0.15) is 46.4 Å². The van der Waals surface area contributed by atoms with Gasteiger partial charge in [0, 0.05) is 18.5 Å². The summed E-state index contributed by atoms with van der Waals surface area (Å²) in [5.74, 6) is -2.52. The Bertz CT molecular complexity index is 826. The van der Waals surface area contributed by atoms with Gasteiger partial charge in [0.05, 0.1) is 11.1 Å². The highest BCUT2D eigenvalue weighted by Crippen LogP contribution is 2.29. The molecular weight excluding hydrogens is 376 g/mol. The summed E-state index contributed by atoms with van der Waals surface area (Å²) in [5, 5.41) is 4.79. The van der Waals surface area contributed by atoms with Crippen LogP contribution in [0.15, 0.2) is 18.2 Å². The van der Waals surface area contributed by atoms with Gasteiger partial charge in [-0.15, -0.1) is 12.4 Å². The molecule has 4 N–H and O–H groups in total. The quantitative estimate of drug-likeness (QED) is 0.609. The van der Waals surface area contributed by atoms with Gasteiger partial charge in [-0.1, -0.05) is 0 Å². The Kier molecular flexibility index (Phi) is 6.29. The van der Waals surface area contributed by atoms with Crippen molar-refractivity contribution in [2.75, 3.05) is 11.9 Å². The summed E-state index contributed by atoms with van der Waals surface area (Å²) in [6.45, 7) is 0.394. The van der Waals surface area contributed by atoms with Gasteiger partial charge in [0.1, 0.15) is 6.04 Å². The van der Waals surface area contributed by atoms with E-state index in [2.05, 4.69) is 10.6 Å². The van der Waals surface area contributed by atoms with E-state index >= 15 is 0 Å². The molecule has 1 aromatic carbocycles. The number of amides is 5. The number of piperidine rings is 1. The van der Waals surface area contributed by atoms with Crippen LogP contribution in [0, 0.1) is 0 Å². The maximum atomic E-state index is 12.7. The minimum atomic E-state index is -1.01. The molecule has 1 saturated heterocycles. The maximum Gasteiger partial charge on any atom is 0.262 e. The fraction of sp³-hybridized carbons (Fsp3) is 0.353. The Morgan fingerprint density at radius 2 is 1.89 bits per heavy atom. The van der Waals surface area contributed by atoms with Gasteiger partial charge in [-0.2, -0.15) is 0 Å². The van der Waals surface area contributed by atoms with Gasteiger partial charge in [0.15, 0.2) is 0 Å². The molecule has 1 fully saturated rings. The molecule has 1 atom stereocenters. The average molecular weight is 395 g/mol. The van der Waals surface area contributed by atoms with E-state index in [0.29, 0.717) is 18.7 Å². The van der Waals surface area contributed by atoms with Gasteiger partial charge < -0.3 is 11.1 Å². The predicted octanol–water partition coefficient (Wildman–Crippen LogP) is 0.187. The molecule has 0 saturated carbocycles. The van der Waals surface area contributed by atoms with Gasteiger partial charge in [-0.3, -0.25) is 34.2 Å². The van der Waals surface area contributed by atoms with E-state index in [0.717, 1.165) is 4.90 Å². The van der Waals surface area contributed by atoms with Crippen molar-refractivity contribution in [3.63, 3.8) is 0 Å². The molecule has 0 aliphatic carbocycles. The number of anilines is 1. The van der Waals surface area contributed by atoms with Gasteiger partial charge >= 0.3 is 0 Å². The van der Waals surface area contributed by atoms with Crippen LogP contribution in [0.2, 0.25) is 0 Å². The first kappa shape index (κ1) is 20.5. The zero-order valence-corrected chi connectivity index (χ0v) is 15.1. The molecule has 1 unspecified atom stereocenters. The Morgan fingerprint density at radius 1 is 1.19 bits per heavy atom. The molecule has 5 amide bonds. The summed E-state index contributed by atoms with van der Waals surface area (Å²) < 4.78 is 0. The number of nitrogens with two attached hydrogens (primary N) is 1. The molecule has 2 heterocycles. The van der Waals surface area contributed by atoms with Crippen LogP contribution in [-0.4, -0.2) is 47.0 Å². The largest absolute Gasteiger partial charge is 0.330 e. The van der Waals surface area contributed by atoms with Crippen LogP contribution < -0.4 is 16.4 Å². The van der Waals surface area contributed by atoms with Gasteiger partial charge in [0.2, 0.25) is 17.7 Å². The number of rotatable bonds is 5. The van der Waals surface area contributed by atoms with Gasteiger partial charge in [-0.05, 0) is 37.6 Å². The highest BCUT2D eigenvalue weighted by molar-refractivity contribution is 6.23. The predicted molar refractivity (Wildman–Crippen MR) is 97.3 cm³/mol. The summed E-state index contributed by atoms with van der Waals surface area (Å²) >= 11 is 0. The Labute approximate surface area is 161 Å². The van der Waals surface area contributed by atoms with Crippen LogP contribution in [0.5, 0.6) is 0 Å². The summed E-state index contributed by atoms with van der Waals surface area (Å²) in [5.41, 5.74) is 6.04. The van der Waals surface area contributed by atoms with Crippen LogP contribution in [-0.2, 0) is 14.4 Å². The first-order chi connectivity index (χ1) is 12.4. The number of imide groups is 2. The van der Waals surface area contributed by atoms with Crippen molar-refractivity contribution in [1.82, 2.24) is 10.2 Å². The van der Waals surface area contributed by atoms with E-state index < -0.39 is 29.7 Å². The molecular formula is C17H19ClN4O5. The third-order valence-electron chi connectivity index (χ3n) is 4.33. The van der Waals surface area contributed by atoms with Crippen molar-refractivity contribution in [2.24, 2.45) is 5.73 Å². The Balaban J connectivity index is 0.00000261. The summed E-state index contributed by atoms with van der Waals surface area (Å²) in [6.07, 6.45) is 0.950. The fourth-order valence-corrected chi connectivity index (χ4v) is 3.03. The topological polar surface area (TPSA) is 139 Å². The van der Waals surface area contributed by atoms with Crippen molar-refractivity contribution < 1.29 is 24.0 Å². The number of fused-ring (bicyclic) bond motifs is 1. The number of nitrogens with one attached hydrogen (secondary N) is 2. The van der Waals surface area contributed by atoms with Crippen LogP contribution in [0.4, 0.5) is 5.69 Å². The Morgan fingerprint density at radius 3 is 2.56 bits per heavy atom. The number of carbonyl (C=O) groups excluding carboxylic acids is 5. The van der Waals surface area contributed by atoms with Crippen LogP contribution >= 0.6 is 12.4 Å². The van der Waals surface area contributed by atoms with Crippen molar-refractivity contribution in [3.8, 4) is 0 Å². The third kappa shape index (κ3) is 3.99. The molecule has 1 aromatic rings. The number of benzene rings is 1. The van der Waals surface area contributed by atoms with Crippen molar-refractivity contribution >= 4 is 47.6 Å². The number of hydrogen-bond donors (Lipinski definition) is 3. The van der Waals surface area contributed by atoms with Crippen LogP contribution in [0.25, 0.3) is 0 Å². The second-order valence-electron chi connectivity index (χ2n) is 6.15. The second kappa shape index (κ2) is 8.28. The molecule has 0 aromatic heterocycles. The molecule has 3 rings (SSSR count). The van der Waals surface area contributed by atoms with E-state index in [4.69, 9.17) is 5.73 Å². The van der Waals surface area contributed by atoms with Gasteiger partial charge in [0.25, 0.3) is 11.8 Å². The zero-order valence-electron chi connectivity index (χ0n) is 14.3. The molecule has 0 spiro atoms. The standard InChI is InChI=1S/C17H18N4O5.ClH/c18-7-1-2-13(22)19-9-3-4-10-11(8-9)17(26)21(16(10)25)12-5-6-14(23)20-15(12)24;/h3-4,8,12H,1-2,5-7,18H2,(H,19,22)(H,20,23,24);1H. The maximum absolute atomic E-state index is 12.7. The van der Waals surface area contributed by atoms with Crippen molar-refractivity contribution in [1.29, 1.82) is 0 Å².